The lowest BCUT2D eigenvalue weighted by Crippen LogP contribution is -2.37. The monoisotopic (exact) mass is 214 g/mol. The molecule has 1 saturated heterocycles. The predicted molar refractivity (Wildman–Crippen MR) is 60.1 cm³/mol. The summed E-state index contributed by atoms with van der Waals surface area (Å²) in [4.78, 5) is 13.4. The Morgan fingerprint density at radius 1 is 1.53 bits per heavy atom. The van der Waals surface area contributed by atoms with E-state index in [-0.39, 0.29) is 5.91 Å². The van der Waals surface area contributed by atoms with Crippen molar-refractivity contribution in [1.29, 1.82) is 0 Å². The second kappa shape index (κ2) is 6.76. The fraction of sp³-hybridized carbons (Fsp3) is 0.900. The first-order valence-electron chi connectivity index (χ1n) is 5.68. The van der Waals surface area contributed by atoms with Gasteiger partial charge in [-0.25, -0.2) is 5.84 Å². The van der Waals surface area contributed by atoms with E-state index in [1.165, 1.54) is 6.42 Å². The van der Waals surface area contributed by atoms with Crippen molar-refractivity contribution in [3.8, 4) is 0 Å². The topological polar surface area (TPSA) is 70.4 Å². The van der Waals surface area contributed by atoms with Crippen molar-refractivity contribution < 1.29 is 4.79 Å². The second-order valence-corrected chi connectivity index (χ2v) is 4.09. The van der Waals surface area contributed by atoms with Crippen LogP contribution < -0.4 is 16.6 Å². The number of nitrogens with zero attached hydrogens (tertiary/aromatic N) is 1. The molecule has 4 N–H and O–H groups in total. The molecular formula is C10H22N4O. The molecule has 0 saturated carbocycles. The standard InChI is InChI=1S/C10H22N4O/c1-9(3-4-10(15)13-11)14-7-2-5-12-6-8-14/h9,12H,2-8,11H2,1H3,(H,13,15). The summed E-state index contributed by atoms with van der Waals surface area (Å²) < 4.78 is 0. The number of hydrogen-bond acceptors (Lipinski definition) is 4. The van der Waals surface area contributed by atoms with Crippen molar-refractivity contribution >= 4 is 5.91 Å². The van der Waals surface area contributed by atoms with Gasteiger partial charge in [0.05, 0.1) is 0 Å². The molecule has 1 atom stereocenters. The van der Waals surface area contributed by atoms with Gasteiger partial charge in [0.1, 0.15) is 0 Å². The molecule has 1 aliphatic rings. The third-order valence-electron chi connectivity index (χ3n) is 2.95. The molecule has 1 heterocycles. The molecule has 1 rings (SSSR count). The Kier molecular flexibility index (Phi) is 5.60. The number of carbonyl (C=O) groups is 1. The summed E-state index contributed by atoms with van der Waals surface area (Å²) in [6.45, 7) is 6.53. The zero-order valence-electron chi connectivity index (χ0n) is 9.46. The highest BCUT2D eigenvalue weighted by Gasteiger charge is 2.15. The van der Waals surface area contributed by atoms with Crippen molar-refractivity contribution in [3.63, 3.8) is 0 Å². The normalized spacial score (nSPS) is 20.7. The lowest BCUT2D eigenvalue weighted by atomic mass is 10.1. The lowest BCUT2D eigenvalue weighted by molar-refractivity contribution is -0.121. The summed E-state index contributed by atoms with van der Waals surface area (Å²) in [5.74, 6) is 4.96. The molecule has 1 amide bonds. The maximum atomic E-state index is 11.0. The zero-order valence-corrected chi connectivity index (χ0v) is 9.46. The number of amides is 1. The van der Waals surface area contributed by atoms with E-state index in [4.69, 9.17) is 5.84 Å². The van der Waals surface area contributed by atoms with Gasteiger partial charge in [0.15, 0.2) is 0 Å². The molecule has 1 aliphatic heterocycles. The van der Waals surface area contributed by atoms with Gasteiger partial charge < -0.3 is 5.32 Å². The number of nitrogens with two attached hydrogens (primary N) is 1. The first-order chi connectivity index (χ1) is 7.24. The van der Waals surface area contributed by atoms with Gasteiger partial charge in [0.2, 0.25) is 5.91 Å². The van der Waals surface area contributed by atoms with Crippen molar-refractivity contribution in [1.82, 2.24) is 15.6 Å². The van der Waals surface area contributed by atoms with Crippen LogP contribution in [-0.4, -0.2) is 43.0 Å². The minimum Gasteiger partial charge on any atom is -0.315 e. The molecular weight excluding hydrogens is 192 g/mol. The van der Waals surface area contributed by atoms with Gasteiger partial charge in [0, 0.05) is 25.6 Å². The van der Waals surface area contributed by atoms with Gasteiger partial charge in [-0.2, -0.15) is 0 Å². The van der Waals surface area contributed by atoms with Gasteiger partial charge in [-0.15, -0.1) is 0 Å². The van der Waals surface area contributed by atoms with Gasteiger partial charge >= 0.3 is 0 Å². The van der Waals surface area contributed by atoms with E-state index in [1.54, 1.807) is 0 Å². The van der Waals surface area contributed by atoms with Crippen LogP contribution in [0, 0.1) is 0 Å². The summed E-state index contributed by atoms with van der Waals surface area (Å²) in [5.41, 5.74) is 2.17. The van der Waals surface area contributed by atoms with Crippen molar-refractivity contribution in [3.05, 3.63) is 0 Å². The minimum atomic E-state index is -0.0743. The first-order valence-corrected chi connectivity index (χ1v) is 5.68. The Morgan fingerprint density at radius 3 is 3.07 bits per heavy atom. The molecule has 1 fully saturated rings. The van der Waals surface area contributed by atoms with E-state index in [2.05, 4.69) is 22.6 Å². The molecule has 5 nitrogen and oxygen atoms in total. The van der Waals surface area contributed by atoms with Crippen LogP contribution in [0.2, 0.25) is 0 Å². The Balaban J connectivity index is 2.24. The molecule has 0 spiro atoms. The van der Waals surface area contributed by atoms with Crippen LogP contribution in [0.3, 0.4) is 0 Å². The Morgan fingerprint density at radius 2 is 2.33 bits per heavy atom. The molecule has 5 heteroatoms. The molecule has 0 aromatic heterocycles. The van der Waals surface area contributed by atoms with Gasteiger partial charge in [0.25, 0.3) is 0 Å². The maximum absolute atomic E-state index is 11.0. The van der Waals surface area contributed by atoms with Crippen molar-refractivity contribution in [2.75, 3.05) is 26.2 Å². The van der Waals surface area contributed by atoms with Crippen molar-refractivity contribution in [2.45, 2.75) is 32.2 Å². The Hall–Kier alpha value is -0.650. The first kappa shape index (κ1) is 12.4. The van der Waals surface area contributed by atoms with Crippen LogP contribution in [0.1, 0.15) is 26.2 Å². The fourth-order valence-electron chi connectivity index (χ4n) is 1.90. The third kappa shape index (κ3) is 4.59. The molecule has 0 aromatic rings. The van der Waals surface area contributed by atoms with Crippen LogP contribution in [0.5, 0.6) is 0 Å². The van der Waals surface area contributed by atoms with Crippen LogP contribution in [-0.2, 0) is 4.79 Å². The maximum Gasteiger partial charge on any atom is 0.233 e. The zero-order chi connectivity index (χ0) is 11.1. The number of rotatable bonds is 4. The summed E-state index contributed by atoms with van der Waals surface area (Å²) >= 11 is 0. The molecule has 0 aliphatic carbocycles. The summed E-state index contributed by atoms with van der Waals surface area (Å²) in [6.07, 6.45) is 2.58. The van der Waals surface area contributed by atoms with Crippen molar-refractivity contribution in [2.24, 2.45) is 5.84 Å². The summed E-state index contributed by atoms with van der Waals surface area (Å²) in [6, 6.07) is 0.460. The summed E-state index contributed by atoms with van der Waals surface area (Å²) in [7, 11) is 0. The van der Waals surface area contributed by atoms with E-state index in [0.717, 1.165) is 32.6 Å². The van der Waals surface area contributed by atoms with Crippen LogP contribution >= 0.6 is 0 Å². The fourth-order valence-corrected chi connectivity index (χ4v) is 1.90. The molecule has 15 heavy (non-hydrogen) atoms. The number of carbonyl (C=O) groups excluding carboxylic acids is 1. The van der Waals surface area contributed by atoms with E-state index in [9.17, 15) is 4.79 Å². The highest BCUT2D eigenvalue weighted by molar-refractivity contribution is 5.75. The SMILES string of the molecule is CC(CCC(=O)NN)N1CCCNCC1. The largest absolute Gasteiger partial charge is 0.315 e. The highest BCUT2D eigenvalue weighted by atomic mass is 16.2. The molecule has 0 radical (unpaired) electrons. The average molecular weight is 214 g/mol. The van der Waals surface area contributed by atoms with Gasteiger partial charge in [-0.3, -0.25) is 15.1 Å². The quantitative estimate of drug-likeness (QED) is 0.333. The molecule has 1 unspecified atom stereocenters. The Labute approximate surface area is 91.3 Å². The van der Waals surface area contributed by atoms with Crippen LogP contribution in [0.15, 0.2) is 0 Å². The predicted octanol–water partition coefficient (Wildman–Crippen LogP) is -0.560. The highest BCUT2D eigenvalue weighted by Crippen LogP contribution is 2.08. The molecule has 0 bridgehead atoms. The molecule has 88 valence electrons. The van der Waals surface area contributed by atoms with Gasteiger partial charge in [-0.05, 0) is 32.9 Å². The van der Waals surface area contributed by atoms with E-state index < -0.39 is 0 Å². The number of hydrogen-bond donors (Lipinski definition) is 3. The lowest BCUT2D eigenvalue weighted by Gasteiger charge is -2.26. The van der Waals surface area contributed by atoms with E-state index in [1.807, 2.05) is 0 Å². The number of nitrogens with one attached hydrogen (secondary N) is 2. The third-order valence-corrected chi connectivity index (χ3v) is 2.95. The van der Waals surface area contributed by atoms with Crippen LogP contribution in [0.4, 0.5) is 0 Å². The number of hydrazine groups is 1. The molecule has 0 aromatic carbocycles. The Bertz CT molecular complexity index is 190. The van der Waals surface area contributed by atoms with Gasteiger partial charge in [-0.1, -0.05) is 0 Å². The van der Waals surface area contributed by atoms with E-state index >= 15 is 0 Å². The summed E-state index contributed by atoms with van der Waals surface area (Å²) in [5, 5.41) is 3.37. The van der Waals surface area contributed by atoms with E-state index in [0.29, 0.717) is 12.5 Å². The van der Waals surface area contributed by atoms with Crippen LogP contribution in [0.25, 0.3) is 0 Å². The smallest absolute Gasteiger partial charge is 0.233 e. The minimum absolute atomic E-state index is 0.0743. The average Bonchev–Trinajstić information content (AvgIpc) is 2.53. The second-order valence-electron chi connectivity index (χ2n) is 4.09.